The molecule has 2 saturated heterocycles. The summed E-state index contributed by atoms with van der Waals surface area (Å²) in [4.78, 5) is 13.8. The summed E-state index contributed by atoms with van der Waals surface area (Å²) < 4.78 is 14.2. The van der Waals surface area contributed by atoms with Gasteiger partial charge in [0.15, 0.2) is 0 Å². The van der Waals surface area contributed by atoms with Crippen molar-refractivity contribution in [3.8, 4) is 5.75 Å². The summed E-state index contributed by atoms with van der Waals surface area (Å²) in [5.74, 6) is 1.50. The Hall–Kier alpha value is -3.01. The van der Waals surface area contributed by atoms with Gasteiger partial charge in [-0.3, -0.25) is 9.48 Å². The van der Waals surface area contributed by atoms with E-state index in [1.54, 1.807) is 7.11 Å². The fourth-order valence-electron chi connectivity index (χ4n) is 6.63. The molecular weight excluding hydrogens is 520 g/mol. The Bertz CT molecular complexity index is 1290. The minimum absolute atomic E-state index is 0.0740. The lowest BCUT2D eigenvalue weighted by Gasteiger charge is -2.36. The Morgan fingerprint density at radius 2 is 1.90 bits per heavy atom. The molecule has 2 aliphatic rings. The Kier molecular flexibility index (Phi) is 8.73. The topological polar surface area (TPSA) is 89.7 Å². The average Bonchev–Trinajstić information content (AvgIpc) is 3.53. The van der Waals surface area contributed by atoms with E-state index in [0.717, 1.165) is 49.5 Å². The van der Waals surface area contributed by atoms with Crippen LogP contribution in [0, 0.1) is 5.92 Å². The number of carbonyl (C=O) groups excluding carboxylic acids is 1. The lowest BCUT2D eigenvalue weighted by Crippen LogP contribution is -2.50. The zero-order chi connectivity index (χ0) is 28.3. The number of hydrogen-bond acceptors (Lipinski definition) is 6. The van der Waals surface area contributed by atoms with Crippen molar-refractivity contribution in [1.29, 1.82) is 0 Å². The van der Waals surface area contributed by atoms with E-state index in [-0.39, 0.29) is 24.7 Å². The number of anilines is 1. The molecule has 1 N–H and O–H groups in total. The van der Waals surface area contributed by atoms with Crippen LogP contribution in [0.15, 0.2) is 54.7 Å². The molecule has 2 aromatic carbocycles. The van der Waals surface area contributed by atoms with Gasteiger partial charge >= 0.3 is 0 Å². The molecule has 3 heterocycles. The molecular formula is C31H42N4O4Si. The van der Waals surface area contributed by atoms with Crippen LogP contribution in [-0.2, 0) is 28.9 Å². The van der Waals surface area contributed by atoms with Crippen LogP contribution >= 0.6 is 0 Å². The third kappa shape index (κ3) is 6.01. The lowest BCUT2D eigenvalue weighted by molar-refractivity contribution is -0.122. The number of rotatable bonds is 12. The van der Waals surface area contributed by atoms with Crippen LogP contribution in [0.4, 0.5) is 5.69 Å². The van der Waals surface area contributed by atoms with Crippen LogP contribution in [0.25, 0.3) is 0 Å². The van der Waals surface area contributed by atoms with Gasteiger partial charge in [-0.15, -0.1) is 5.10 Å². The van der Waals surface area contributed by atoms with E-state index >= 15 is 0 Å². The van der Waals surface area contributed by atoms with Crippen molar-refractivity contribution in [2.45, 2.75) is 76.4 Å². The van der Waals surface area contributed by atoms with Crippen molar-refractivity contribution in [3.05, 3.63) is 66.0 Å². The molecule has 1 amide bonds. The lowest BCUT2D eigenvalue weighted by atomic mass is 9.95. The van der Waals surface area contributed by atoms with Crippen LogP contribution in [0.2, 0.25) is 18.6 Å². The monoisotopic (exact) mass is 562 g/mol. The maximum absolute atomic E-state index is 12.0. The Balaban J connectivity index is 1.32. The molecule has 0 saturated carbocycles. The Morgan fingerprint density at radius 1 is 1.10 bits per heavy atom. The van der Waals surface area contributed by atoms with E-state index in [1.807, 2.05) is 21.8 Å². The van der Waals surface area contributed by atoms with Gasteiger partial charge in [-0.25, -0.2) is 0 Å². The minimum atomic E-state index is -1.94. The zero-order valence-corrected chi connectivity index (χ0v) is 25.1. The van der Waals surface area contributed by atoms with Gasteiger partial charge in [0.25, 0.3) is 0 Å². The summed E-state index contributed by atoms with van der Waals surface area (Å²) in [6.45, 7) is 8.93. The van der Waals surface area contributed by atoms with Gasteiger partial charge in [0, 0.05) is 44.4 Å². The van der Waals surface area contributed by atoms with Crippen LogP contribution in [-0.4, -0.2) is 66.6 Å². The molecule has 0 unspecified atom stereocenters. The number of aliphatic hydroxyl groups excluding tert-OH is 1. The summed E-state index contributed by atoms with van der Waals surface area (Å²) in [7, 11) is -0.229. The molecule has 5 rings (SSSR count). The average molecular weight is 563 g/mol. The summed E-state index contributed by atoms with van der Waals surface area (Å²) in [5, 5.41) is 19.1. The van der Waals surface area contributed by atoms with E-state index in [9.17, 15) is 9.90 Å². The van der Waals surface area contributed by atoms with Gasteiger partial charge in [0.05, 0.1) is 33.1 Å². The number of aliphatic hydroxyl groups is 1. The molecule has 0 bridgehead atoms. The van der Waals surface area contributed by atoms with E-state index in [2.05, 4.69) is 72.8 Å². The highest BCUT2D eigenvalue weighted by atomic mass is 28.3. The Morgan fingerprint density at radius 3 is 2.58 bits per heavy atom. The summed E-state index contributed by atoms with van der Waals surface area (Å²) in [6, 6.07) is 17.0. The van der Waals surface area contributed by atoms with E-state index in [0.29, 0.717) is 24.3 Å². The summed E-state index contributed by atoms with van der Waals surface area (Å²) in [6.07, 6.45) is 6.12. The van der Waals surface area contributed by atoms with Crippen LogP contribution in [0.3, 0.4) is 0 Å². The molecule has 40 heavy (non-hydrogen) atoms. The van der Waals surface area contributed by atoms with Gasteiger partial charge in [-0.05, 0) is 60.6 Å². The number of ether oxygens (including phenoxy) is 2. The highest BCUT2D eigenvalue weighted by Crippen LogP contribution is 2.46. The Labute approximate surface area is 238 Å². The number of methoxy groups -OCH3 is 1. The number of hydrogen-bond donors (Lipinski definition) is 1. The molecule has 0 radical (unpaired) electrons. The van der Waals surface area contributed by atoms with E-state index in [1.165, 1.54) is 10.8 Å². The second-order valence-electron chi connectivity index (χ2n) is 11.8. The number of nitrogens with zero attached hydrogens (tertiary/aromatic N) is 4. The standard InChI is InChI=1S/C31H42N4O4Si/c1-22-28(13-8-23-6-5-7-25(20-23)35-18-15-30(35)37)39-29(14-17-34-21-24(16-19-36)32-33-34)31(22)40(3,4)27-11-9-26(38-2)10-12-27/h5-7,9-12,20-22,28-29,31,36H,8,13-19H2,1-4H3/t22-,28+,29-,31+/m1/s1. The van der Waals surface area contributed by atoms with Crippen molar-refractivity contribution in [3.63, 3.8) is 0 Å². The second kappa shape index (κ2) is 12.2. The summed E-state index contributed by atoms with van der Waals surface area (Å²) in [5.41, 5.74) is 3.51. The molecule has 2 fully saturated rings. The molecule has 4 atom stereocenters. The van der Waals surface area contributed by atoms with Crippen LogP contribution < -0.4 is 14.8 Å². The zero-order valence-electron chi connectivity index (χ0n) is 24.1. The first kappa shape index (κ1) is 28.5. The highest BCUT2D eigenvalue weighted by molar-refractivity contribution is 6.91. The van der Waals surface area contributed by atoms with Crippen LogP contribution in [0.1, 0.15) is 37.4 Å². The van der Waals surface area contributed by atoms with Crippen molar-refractivity contribution in [1.82, 2.24) is 15.0 Å². The molecule has 2 aliphatic heterocycles. The number of aryl methyl sites for hydroxylation is 2. The fourth-order valence-corrected chi connectivity index (χ4v) is 10.7. The number of β-lactam (4-membered cyclic amide) rings is 1. The van der Waals surface area contributed by atoms with Gasteiger partial charge in [0.1, 0.15) is 5.75 Å². The molecule has 1 aromatic heterocycles. The van der Waals surface area contributed by atoms with Crippen molar-refractivity contribution in [2.24, 2.45) is 5.92 Å². The number of amides is 1. The van der Waals surface area contributed by atoms with E-state index < -0.39 is 8.07 Å². The minimum Gasteiger partial charge on any atom is -0.497 e. The smallest absolute Gasteiger partial charge is 0.228 e. The third-order valence-corrected chi connectivity index (χ3v) is 13.3. The van der Waals surface area contributed by atoms with Crippen LogP contribution in [0.5, 0.6) is 5.75 Å². The first-order valence-electron chi connectivity index (χ1n) is 14.5. The number of benzene rings is 2. The van der Waals surface area contributed by atoms with Gasteiger partial charge in [-0.2, -0.15) is 0 Å². The molecule has 8 nitrogen and oxygen atoms in total. The fraction of sp³-hybridized carbons (Fsp3) is 0.516. The SMILES string of the molecule is COc1ccc([Si](C)(C)[C@H]2[C@H](C)[C@H](CCc3cccc(N4CCC4=O)c3)O[C@@H]2CCn2cc(CCO)nn2)cc1. The largest absolute Gasteiger partial charge is 0.497 e. The third-order valence-electron chi connectivity index (χ3n) is 8.96. The van der Waals surface area contributed by atoms with Crippen molar-refractivity contribution >= 4 is 24.9 Å². The molecule has 0 spiro atoms. The molecule has 214 valence electrons. The summed E-state index contributed by atoms with van der Waals surface area (Å²) >= 11 is 0. The predicted molar refractivity (Wildman–Crippen MR) is 159 cm³/mol. The normalized spacial score (nSPS) is 22.9. The molecule has 9 heteroatoms. The first-order chi connectivity index (χ1) is 19.3. The maximum Gasteiger partial charge on any atom is 0.228 e. The van der Waals surface area contributed by atoms with Gasteiger partial charge in [0.2, 0.25) is 5.91 Å². The molecule has 0 aliphatic carbocycles. The highest BCUT2D eigenvalue weighted by Gasteiger charge is 2.50. The maximum atomic E-state index is 12.0. The number of carbonyl (C=O) groups is 1. The van der Waals surface area contributed by atoms with Gasteiger partial charge in [-0.1, -0.05) is 54.7 Å². The van der Waals surface area contributed by atoms with Crippen molar-refractivity contribution in [2.75, 3.05) is 25.2 Å². The second-order valence-corrected chi connectivity index (χ2v) is 16.5. The first-order valence-corrected chi connectivity index (χ1v) is 17.6. The predicted octanol–water partition coefficient (Wildman–Crippen LogP) is 3.97. The van der Waals surface area contributed by atoms with Crippen molar-refractivity contribution < 1.29 is 19.4 Å². The van der Waals surface area contributed by atoms with Gasteiger partial charge < -0.3 is 19.5 Å². The number of aromatic nitrogens is 3. The van der Waals surface area contributed by atoms with E-state index in [4.69, 9.17) is 9.47 Å². The quantitative estimate of drug-likeness (QED) is 0.265. The molecule has 3 aromatic rings.